The Balaban J connectivity index is 1.96. The fourth-order valence-electron chi connectivity index (χ4n) is 3.16. The molecule has 0 aliphatic carbocycles. The summed E-state index contributed by atoms with van der Waals surface area (Å²) in [7, 11) is 0. The second-order valence-corrected chi connectivity index (χ2v) is 7.00. The number of morpholine rings is 1. The Morgan fingerprint density at radius 1 is 1.32 bits per heavy atom. The molecule has 0 aromatic heterocycles. The lowest BCUT2D eigenvalue weighted by Gasteiger charge is -2.36. The van der Waals surface area contributed by atoms with Crippen molar-refractivity contribution >= 4 is 12.2 Å². The van der Waals surface area contributed by atoms with Gasteiger partial charge in [-0.1, -0.05) is 43.7 Å². The van der Waals surface area contributed by atoms with Crippen molar-refractivity contribution in [3.8, 4) is 0 Å². The smallest absolute Gasteiger partial charge is 0.224 e. The van der Waals surface area contributed by atoms with Gasteiger partial charge in [-0.3, -0.25) is 9.69 Å². The van der Waals surface area contributed by atoms with Gasteiger partial charge in [-0.15, -0.1) is 0 Å². The predicted molar refractivity (Wildman–Crippen MR) is 106 cm³/mol. The molecule has 1 aliphatic rings. The van der Waals surface area contributed by atoms with Crippen LogP contribution in [0.25, 0.3) is 0 Å². The van der Waals surface area contributed by atoms with Crippen molar-refractivity contribution in [2.45, 2.75) is 51.0 Å². The second kappa shape index (κ2) is 12.6. The molecular formula is C21H32N2O5. The van der Waals surface area contributed by atoms with E-state index in [1.54, 1.807) is 0 Å². The van der Waals surface area contributed by atoms with E-state index in [9.17, 15) is 14.7 Å². The SMILES string of the molecule is CCCCOC(C=O)CC(=O)NC(CC(O)c1ccccc1)N1CCOCC1. The highest BCUT2D eigenvalue weighted by atomic mass is 16.5. The van der Waals surface area contributed by atoms with Gasteiger partial charge in [0.2, 0.25) is 5.91 Å². The average Bonchev–Trinajstić information content (AvgIpc) is 2.74. The van der Waals surface area contributed by atoms with E-state index in [0.29, 0.717) is 45.6 Å². The molecule has 28 heavy (non-hydrogen) atoms. The highest BCUT2D eigenvalue weighted by Crippen LogP contribution is 2.20. The minimum Gasteiger partial charge on any atom is -0.388 e. The number of aldehydes is 1. The molecule has 156 valence electrons. The van der Waals surface area contributed by atoms with Gasteiger partial charge in [0.1, 0.15) is 12.4 Å². The number of nitrogens with zero attached hydrogens (tertiary/aromatic N) is 1. The minimum atomic E-state index is -0.740. The number of unbranched alkanes of at least 4 members (excludes halogenated alkanes) is 1. The Morgan fingerprint density at radius 3 is 2.68 bits per heavy atom. The summed E-state index contributed by atoms with van der Waals surface area (Å²) in [6.07, 6.45) is 1.06. The Kier molecular flexibility index (Phi) is 10.1. The first kappa shape index (κ1) is 22.5. The maximum Gasteiger partial charge on any atom is 0.224 e. The molecule has 0 bridgehead atoms. The molecule has 1 saturated heterocycles. The summed E-state index contributed by atoms with van der Waals surface area (Å²) >= 11 is 0. The predicted octanol–water partition coefficient (Wildman–Crippen LogP) is 1.66. The molecule has 1 amide bonds. The van der Waals surface area contributed by atoms with Crippen LogP contribution in [0.15, 0.2) is 30.3 Å². The number of ether oxygens (including phenoxy) is 2. The van der Waals surface area contributed by atoms with Gasteiger partial charge in [0, 0.05) is 26.1 Å². The molecule has 2 N–H and O–H groups in total. The third kappa shape index (κ3) is 7.67. The molecule has 1 fully saturated rings. The van der Waals surface area contributed by atoms with Crippen LogP contribution in [0.5, 0.6) is 0 Å². The molecule has 1 heterocycles. The second-order valence-electron chi connectivity index (χ2n) is 7.00. The van der Waals surface area contributed by atoms with Crippen molar-refractivity contribution in [1.82, 2.24) is 10.2 Å². The number of hydrogen-bond donors (Lipinski definition) is 2. The van der Waals surface area contributed by atoms with Crippen LogP contribution in [0.3, 0.4) is 0 Å². The zero-order valence-electron chi connectivity index (χ0n) is 16.6. The standard InChI is InChI=1S/C21H32N2O5/c1-2-3-11-28-18(16-24)14-21(26)22-20(23-9-12-27-13-10-23)15-19(25)17-7-5-4-6-8-17/h4-8,16,18-20,25H,2-3,9-15H2,1H3,(H,22,26). The number of rotatable bonds is 12. The summed E-state index contributed by atoms with van der Waals surface area (Å²) in [5, 5.41) is 13.6. The number of carbonyl (C=O) groups excluding carboxylic acids is 2. The third-order valence-corrected chi connectivity index (χ3v) is 4.81. The van der Waals surface area contributed by atoms with Crippen molar-refractivity contribution in [1.29, 1.82) is 0 Å². The number of carbonyl (C=O) groups is 2. The topological polar surface area (TPSA) is 88.1 Å². The lowest BCUT2D eigenvalue weighted by molar-refractivity contribution is -0.131. The number of nitrogens with one attached hydrogen (secondary N) is 1. The maximum absolute atomic E-state index is 12.5. The number of aliphatic hydroxyl groups is 1. The van der Waals surface area contributed by atoms with E-state index in [1.807, 2.05) is 37.3 Å². The normalized spacial score (nSPS) is 18.2. The van der Waals surface area contributed by atoms with E-state index >= 15 is 0 Å². The summed E-state index contributed by atoms with van der Waals surface area (Å²) in [6, 6.07) is 9.39. The van der Waals surface area contributed by atoms with E-state index in [4.69, 9.17) is 9.47 Å². The molecule has 1 aliphatic heterocycles. The molecule has 7 nitrogen and oxygen atoms in total. The van der Waals surface area contributed by atoms with Gasteiger partial charge in [-0.2, -0.15) is 0 Å². The Hall–Kier alpha value is -1.80. The average molecular weight is 392 g/mol. The summed E-state index contributed by atoms with van der Waals surface area (Å²) in [5.74, 6) is -0.259. The summed E-state index contributed by atoms with van der Waals surface area (Å²) in [4.78, 5) is 25.8. The fraction of sp³-hybridized carbons (Fsp3) is 0.619. The highest BCUT2D eigenvalue weighted by molar-refractivity contribution is 5.80. The molecule has 1 aromatic carbocycles. The van der Waals surface area contributed by atoms with Crippen LogP contribution in [0.2, 0.25) is 0 Å². The van der Waals surface area contributed by atoms with Crippen LogP contribution >= 0.6 is 0 Å². The highest BCUT2D eigenvalue weighted by Gasteiger charge is 2.26. The zero-order chi connectivity index (χ0) is 20.2. The van der Waals surface area contributed by atoms with Crippen molar-refractivity contribution < 1.29 is 24.2 Å². The van der Waals surface area contributed by atoms with Crippen LogP contribution in [0, 0.1) is 0 Å². The van der Waals surface area contributed by atoms with E-state index in [-0.39, 0.29) is 18.5 Å². The Labute approximate surface area is 167 Å². The van der Waals surface area contributed by atoms with Gasteiger partial charge >= 0.3 is 0 Å². The van der Waals surface area contributed by atoms with E-state index in [2.05, 4.69) is 10.2 Å². The van der Waals surface area contributed by atoms with Gasteiger partial charge in [0.15, 0.2) is 0 Å². The first-order chi connectivity index (χ1) is 13.6. The number of amides is 1. The molecule has 1 aromatic rings. The van der Waals surface area contributed by atoms with Gasteiger partial charge in [-0.05, 0) is 12.0 Å². The first-order valence-corrected chi connectivity index (χ1v) is 10.0. The molecular weight excluding hydrogens is 360 g/mol. The van der Waals surface area contributed by atoms with Crippen LogP contribution in [-0.4, -0.2) is 67.4 Å². The maximum atomic E-state index is 12.5. The Morgan fingerprint density at radius 2 is 2.04 bits per heavy atom. The van der Waals surface area contributed by atoms with E-state index in [1.165, 1.54) is 0 Å². The minimum absolute atomic E-state index is 0.0184. The van der Waals surface area contributed by atoms with Crippen molar-refractivity contribution in [2.24, 2.45) is 0 Å². The van der Waals surface area contributed by atoms with Gasteiger partial charge < -0.3 is 24.7 Å². The van der Waals surface area contributed by atoms with Crippen molar-refractivity contribution in [3.05, 3.63) is 35.9 Å². The fourth-order valence-corrected chi connectivity index (χ4v) is 3.16. The molecule has 7 heteroatoms. The number of benzene rings is 1. The van der Waals surface area contributed by atoms with Crippen LogP contribution < -0.4 is 5.32 Å². The van der Waals surface area contributed by atoms with Crippen LogP contribution in [0.4, 0.5) is 0 Å². The Bertz CT molecular complexity index is 577. The largest absolute Gasteiger partial charge is 0.388 e. The van der Waals surface area contributed by atoms with Gasteiger partial charge in [0.25, 0.3) is 0 Å². The number of hydrogen-bond acceptors (Lipinski definition) is 6. The summed E-state index contributed by atoms with van der Waals surface area (Å²) in [5.41, 5.74) is 0.809. The van der Waals surface area contributed by atoms with E-state index in [0.717, 1.165) is 18.4 Å². The van der Waals surface area contributed by atoms with Gasteiger partial charge in [0.05, 0.1) is 31.9 Å². The van der Waals surface area contributed by atoms with Crippen LogP contribution in [0.1, 0.15) is 44.3 Å². The molecule has 3 atom stereocenters. The molecule has 0 saturated carbocycles. The first-order valence-electron chi connectivity index (χ1n) is 10.0. The van der Waals surface area contributed by atoms with Crippen molar-refractivity contribution in [2.75, 3.05) is 32.9 Å². The molecule has 2 rings (SSSR count). The monoisotopic (exact) mass is 392 g/mol. The lowest BCUT2D eigenvalue weighted by Crippen LogP contribution is -2.53. The van der Waals surface area contributed by atoms with Crippen molar-refractivity contribution in [3.63, 3.8) is 0 Å². The van der Waals surface area contributed by atoms with Crippen LogP contribution in [-0.2, 0) is 19.1 Å². The zero-order valence-corrected chi connectivity index (χ0v) is 16.6. The third-order valence-electron chi connectivity index (χ3n) is 4.81. The van der Waals surface area contributed by atoms with E-state index < -0.39 is 12.2 Å². The summed E-state index contributed by atoms with van der Waals surface area (Å²) in [6.45, 7) is 5.03. The summed E-state index contributed by atoms with van der Waals surface area (Å²) < 4.78 is 10.9. The quantitative estimate of drug-likeness (QED) is 0.415. The molecule has 3 unspecified atom stereocenters. The lowest BCUT2D eigenvalue weighted by atomic mass is 10.0. The number of aliphatic hydroxyl groups excluding tert-OH is 1. The van der Waals surface area contributed by atoms with Gasteiger partial charge in [-0.25, -0.2) is 0 Å². The molecule has 0 spiro atoms. The molecule has 0 radical (unpaired) electrons.